The third-order valence-electron chi connectivity index (χ3n) is 4.59. The molecule has 0 aliphatic carbocycles. The molecule has 24 heavy (non-hydrogen) atoms. The van der Waals surface area contributed by atoms with Crippen LogP contribution in [-0.4, -0.2) is 15.4 Å². The number of halogens is 2. The minimum absolute atomic E-state index is 0.171. The minimum Gasteiger partial charge on any atom is -0.297 e. The van der Waals surface area contributed by atoms with Gasteiger partial charge in [0.1, 0.15) is 0 Å². The highest BCUT2D eigenvalue weighted by Gasteiger charge is 2.23. The first-order valence-corrected chi connectivity index (χ1v) is 10.0. The van der Waals surface area contributed by atoms with E-state index in [1.807, 2.05) is 0 Å². The number of alkyl halides is 2. The Balaban J connectivity index is 2.00. The molecular weight excluding hydrogens is 428 g/mol. The topological polar surface area (TPSA) is 17.1 Å². The summed E-state index contributed by atoms with van der Waals surface area (Å²) in [5.74, 6) is 0.200. The Labute approximate surface area is 162 Å². The number of rotatable bonds is 6. The van der Waals surface area contributed by atoms with Crippen molar-refractivity contribution >= 4 is 37.6 Å². The molecule has 0 N–H and O–H groups in total. The van der Waals surface area contributed by atoms with Crippen LogP contribution in [0.15, 0.2) is 36.4 Å². The largest absolute Gasteiger partial charge is 0.297 e. The number of aryl methyl sites for hydroxylation is 4. The summed E-state index contributed by atoms with van der Waals surface area (Å²) in [7, 11) is 0. The number of hydrogen-bond donors (Lipinski definition) is 0. The molecule has 2 unspecified atom stereocenters. The Hall–Kier alpha value is -0.930. The fraction of sp³-hybridized carbons (Fsp3) is 0.381. The summed E-state index contributed by atoms with van der Waals surface area (Å²) < 4.78 is 0. The van der Waals surface area contributed by atoms with Gasteiger partial charge in [0.2, 0.25) is 0 Å². The predicted octanol–water partition coefficient (Wildman–Crippen LogP) is 5.80. The van der Waals surface area contributed by atoms with Crippen molar-refractivity contribution in [2.45, 2.75) is 50.2 Å². The van der Waals surface area contributed by atoms with Gasteiger partial charge >= 0.3 is 0 Å². The highest BCUT2D eigenvalue weighted by molar-refractivity contribution is 9.10. The van der Waals surface area contributed by atoms with E-state index in [4.69, 9.17) is 0 Å². The van der Waals surface area contributed by atoms with E-state index in [1.54, 1.807) is 0 Å². The normalized spacial score (nSPS) is 13.6. The first-order chi connectivity index (χ1) is 11.3. The molecule has 3 heteroatoms. The molecule has 0 saturated carbocycles. The Morgan fingerprint density at radius 2 is 1.12 bits per heavy atom. The third kappa shape index (κ3) is 5.03. The van der Waals surface area contributed by atoms with Crippen molar-refractivity contribution in [3.8, 4) is 0 Å². The molecular formula is C21H24Br2O. The zero-order chi connectivity index (χ0) is 17.9. The Morgan fingerprint density at radius 3 is 1.46 bits per heavy atom. The van der Waals surface area contributed by atoms with Gasteiger partial charge < -0.3 is 0 Å². The minimum atomic E-state index is -0.171. The Kier molecular flexibility index (Phi) is 6.82. The Bertz CT molecular complexity index is 675. The van der Waals surface area contributed by atoms with E-state index in [-0.39, 0.29) is 15.4 Å². The molecule has 0 spiro atoms. The van der Waals surface area contributed by atoms with Gasteiger partial charge in [-0.2, -0.15) is 0 Å². The van der Waals surface area contributed by atoms with Crippen LogP contribution < -0.4 is 0 Å². The molecule has 0 bridgehead atoms. The number of benzene rings is 2. The average molecular weight is 452 g/mol. The van der Waals surface area contributed by atoms with Crippen molar-refractivity contribution in [1.29, 1.82) is 0 Å². The Morgan fingerprint density at radius 1 is 0.750 bits per heavy atom. The lowest BCUT2D eigenvalue weighted by Gasteiger charge is -2.15. The third-order valence-corrected chi connectivity index (χ3v) is 6.14. The van der Waals surface area contributed by atoms with Gasteiger partial charge in [-0.15, -0.1) is 0 Å². The second kappa shape index (κ2) is 8.44. The molecule has 0 aliphatic rings. The number of ketones is 1. The van der Waals surface area contributed by atoms with Crippen LogP contribution in [0.1, 0.15) is 33.4 Å². The number of carbonyl (C=O) groups is 1. The van der Waals surface area contributed by atoms with Gasteiger partial charge in [-0.25, -0.2) is 0 Å². The maximum atomic E-state index is 12.7. The van der Waals surface area contributed by atoms with Crippen LogP contribution in [0.25, 0.3) is 0 Å². The lowest BCUT2D eigenvalue weighted by molar-refractivity contribution is -0.117. The van der Waals surface area contributed by atoms with Crippen LogP contribution >= 0.6 is 31.9 Å². The first kappa shape index (κ1) is 19.4. The highest BCUT2D eigenvalue weighted by atomic mass is 79.9. The lowest BCUT2D eigenvalue weighted by Crippen LogP contribution is -2.27. The van der Waals surface area contributed by atoms with Gasteiger partial charge in [-0.1, -0.05) is 68.3 Å². The fourth-order valence-electron chi connectivity index (χ4n) is 2.67. The van der Waals surface area contributed by atoms with Crippen molar-refractivity contribution in [1.82, 2.24) is 0 Å². The molecule has 0 heterocycles. The molecule has 0 amide bonds. The van der Waals surface area contributed by atoms with Crippen LogP contribution in [0, 0.1) is 27.7 Å². The molecule has 2 rings (SSSR count). The van der Waals surface area contributed by atoms with E-state index in [0.29, 0.717) is 0 Å². The van der Waals surface area contributed by atoms with E-state index < -0.39 is 0 Å². The van der Waals surface area contributed by atoms with Crippen LogP contribution in [0.5, 0.6) is 0 Å². The molecule has 1 nitrogen and oxygen atoms in total. The maximum Gasteiger partial charge on any atom is 0.160 e. The zero-order valence-corrected chi connectivity index (χ0v) is 17.9. The van der Waals surface area contributed by atoms with E-state index in [0.717, 1.165) is 12.8 Å². The molecule has 0 radical (unpaired) electrons. The van der Waals surface area contributed by atoms with Gasteiger partial charge in [-0.3, -0.25) is 4.79 Å². The highest BCUT2D eigenvalue weighted by Crippen LogP contribution is 2.21. The summed E-state index contributed by atoms with van der Waals surface area (Å²) in [4.78, 5) is 12.3. The van der Waals surface area contributed by atoms with Crippen LogP contribution in [-0.2, 0) is 17.6 Å². The number of Topliss-reactive ketones (excluding diaryl/α,β-unsaturated/α-hetero) is 1. The predicted molar refractivity (Wildman–Crippen MR) is 110 cm³/mol. The molecule has 0 aromatic heterocycles. The average Bonchev–Trinajstić information content (AvgIpc) is 2.53. The van der Waals surface area contributed by atoms with Crippen LogP contribution in [0.3, 0.4) is 0 Å². The van der Waals surface area contributed by atoms with Gasteiger partial charge in [-0.05, 0) is 73.9 Å². The molecule has 2 aromatic rings. The van der Waals surface area contributed by atoms with Crippen molar-refractivity contribution < 1.29 is 4.79 Å². The van der Waals surface area contributed by atoms with E-state index in [9.17, 15) is 4.79 Å². The SMILES string of the molecule is Cc1ccc(CC(Br)C(=O)C(Br)Cc2ccc(C)c(C)c2)cc1C. The van der Waals surface area contributed by atoms with E-state index in [2.05, 4.69) is 96.0 Å². The number of carbonyl (C=O) groups excluding carboxylic acids is 1. The molecule has 2 atom stereocenters. The van der Waals surface area contributed by atoms with E-state index in [1.165, 1.54) is 33.4 Å². The molecule has 0 fully saturated rings. The van der Waals surface area contributed by atoms with E-state index >= 15 is 0 Å². The summed E-state index contributed by atoms with van der Waals surface area (Å²) in [6, 6.07) is 12.8. The van der Waals surface area contributed by atoms with Gasteiger partial charge in [0.25, 0.3) is 0 Å². The second-order valence-corrected chi connectivity index (χ2v) is 8.79. The molecule has 128 valence electrons. The molecule has 2 aromatic carbocycles. The second-order valence-electron chi connectivity index (χ2n) is 6.58. The summed E-state index contributed by atoms with van der Waals surface area (Å²) in [5, 5.41) is 0. The summed E-state index contributed by atoms with van der Waals surface area (Å²) in [6.07, 6.45) is 1.43. The number of hydrogen-bond acceptors (Lipinski definition) is 1. The standard InChI is InChI=1S/C21H24Br2O/c1-13-5-7-17(9-15(13)3)11-19(22)21(24)20(23)12-18-8-6-14(2)16(4)10-18/h5-10,19-20H,11-12H2,1-4H3. The molecule has 0 aliphatic heterocycles. The summed E-state index contributed by atoms with van der Waals surface area (Å²) in [6.45, 7) is 8.43. The van der Waals surface area contributed by atoms with Crippen LogP contribution in [0.4, 0.5) is 0 Å². The van der Waals surface area contributed by atoms with Crippen LogP contribution in [0.2, 0.25) is 0 Å². The summed E-state index contributed by atoms with van der Waals surface area (Å²) in [5.41, 5.74) is 7.49. The first-order valence-electron chi connectivity index (χ1n) is 8.22. The van der Waals surface area contributed by atoms with Crippen molar-refractivity contribution in [3.63, 3.8) is 0 Å². The van der Waals surface area contributed by atoms with Gasteiger partial charge in [0.15, 0.2) is 5.78 Å². The quantitative estimate of drug-likeness (QED) is 0.507. The van der Waals surface area contributed by atoms with Crippen molar-refractivity contribution in [3.05, 3.63) is 69.8 Å². The fourth-order valence-corrected chi connectivity index (χ4v) is 4.41. The van der Waals surface area contributed by atoms with Crippen molar-refractivity contribution in [2.24, 2.45) is 0 Å². The van der Waals surface area contributed by atoms with Gasteiger partial charge in [0, 0.05) is 0 Å². The maximum absolute atomic E-state index is 12.7. The lowest BCUT2D eigenvalue weighted by atomic mass is 9.98. The van der Waals surface area contributed by atoms with Gasteiger partial charge in [0.05, 0.1) is 9.65 Å². The monoisotopic (exact) mass is 450 g/mol. The zero-order valence-electron chi connectivity index (χ0n) is 14.7. The van der Waals surface area contributed by atoms with Crippen molar-refractivity contribution in [2.75, 3.05) is 0 Å². The molecule has 0 saturated heterocycles. The smallest absolute Gasteiger partial charge is 0.160 e. The summed E-state index contributed by atoms with van der Waals surface area (Å²) >= 11 is 7.17.